The molecule has 2 rings (SSSR count). The second kappa shape index (κ2) is 3.20. The molecular formula is C7H14N2O3S. The monoisotopic (exact) mass is 206 g/mol. The van der Waals surface area contributed by atoms with E-state index in [-0.39, 0.29) is 6.10 Å². The number of hydrogen-bond acceptors (Lipinski definition) is 3. The predicted molar refractivity (Wildman–Crippen MR) is 47.1 cm³/mol. The van der Waals surface area contributed by atoms with Crippen LogP contribution in [0.15, 0.2) is 0 Å². The van der Waals surface area contributed by atoms with E-state index in [0.717, 1.165) is 19.3 Å². The normalized spacial score (nSPS) is 38.4. The zero-order valence-corrected chi connectivity index (χ0v) is 8.09. The topological polar surface area (TPSA) is 81.4 Å². The molecule has 5 nitrogen and oxygen atoms in total. The fourth-order valence-electron chi connectivity index (χ4n) is 2.18. The van der Waals surface area contributed by atoms with Crippen LogP contribution in [0.1, 0.15) is 19.3 Å². The van der Waals surface area contributed by atoms with E-state index in [4.69, 9.17) is 9.88 Å². The van der Waals surface area contributed by atoms with Gasteiger partial charge in [0.15, 0.2) is 0 Å². The van der Waals surface area contributed by atoms with Crippen LogP contribution < -0.4 is 9.86 Å². The van der Waals surface area contributed by atoms with E-state index in [9.17, 15) is 8.42 Å². The van der Waals surface area contributed by atoms with E-state index in [1.807, 2.05) is 0 Å². The van der Waals surface area contributed by atoms with Crippen LogP contribution in [-0.4, -0.2) is 27.2 Å². The third-order valence-electron chi connectivity index (χ3n) is 2.78. The van der Waals surface area contributed by atoms with E-state index in [2.05, 4.69) is 4.72 Å². The molecule has 2 saturated heterocycles. The van der Waals surface area contributed by atoms with Gasteiger partial charge in [-0.25, -0.2) is 9.86 Å². The van der Waals surface area contributed by atoms with Crippen molar-refractivity contribution in [1.82, 2.24) is 4.72 Å². The summed E-state index contributed by atoms with van der Waals surface area (Å²) in [4.78, 5) is 0. The Balaban J connectivity index is 1.84. The van der Waals surface area contributed by atoms with E-state index in [0.29, 0.717) is 18.6 Å². The summed E-state index contributed by atoms with van der Waals surface area (Å²) in [6.07, 6.45) is 3.75. The van der Waals surface area contributed by atoms with Crippen LogP contribution in [0.3, 0.4) is 0 Å². The van der Waals surface area contributed by atoms with Gasteiger partial charge in [-0.2, -0.15) is 8.42 Å². The lowest BCUT2D eigenvalue weighted by Crippen LogP contribution is -2.37. The van der Waals surface area contributed by atoms with Crippen LogP contribution in [-0.2, 0) is 14.9 Å². The highest BCUT2D eigenvalue weighted by atomic mass is 32.2. The Morgan fingerprint density at radius 2 is 2.23 bits per heavy atom. The Morgan fingerprint density at radius 1 is 1.46 bits per heavy atom. The summed E-state index contributed by atoms with van der Waals surface area (Å²) in [6, 6.07) is 0. The van der Waals surface area contributed by atoms with Crippen molar-refractivity contribution in [1.29, 1.82) is 0 Å². The molecule has 76 valence electrons. The second-order valence-electron chi connectivity index (χ2n) is 3.76. The Labute approximate surface area is 77.8 Å². The Kier molecular flexibility index (Phi) is 2.31. The quantitative estimate of drug-likeness (QED) is 0.643. The van der Waals surface area contributed by atoms with Gasteiger partial charge in [0.1, 0.15) is 0 Å². The van der Waals surface area contributed by atoms with Crippen molar-refractivity contribution < 1.29 is 13.2 Å². The molecule has 2 bridgehead atoms. The van der Waals surface area contributed by atoms with Crippen LogP contribution in [0.2, 0.25) is 0 Å². The minimum atomic E-state index is -3.53. The lowest BCUT2D eigenvalue weighted by atomic mass is 9.89. The van der Waals surface area contributed by atoms with Gasteiger partial charge in [0, 0.05) is 12.5 Å². The first-order valence-corrected chi connectivity index (χ1v) is 6.02. The number of ether oxygens (including phenoxy) is 1. The Bertz CT molecular complexity index is 290. The van der Waals surface area contributed by atoms with Gasteiger partial charge < -0.3 is 4.74 Å². The highest BCUT2D eigenvalue weighted by Gasteiger charge is 2.40. The summed E-state index contributed by atoms with van der Waals surface area (Å²) < 4.78 is 29.1. The van der Waals surface area contributed by atoms with Crippen molar-refractivity contribution in [3.63, 3.8) is 0 Å². The molecule has 0 saturated carbocycles. The maximum atomic E-state index is 10.6. The number of fused-ring (bicyclic) bond motifs is 2. The van der Waals surface area contributed by atoms with Gasteiger partial charge in [0.25, 0.3) is 10.2 Å². The van der Waals surface area contributed by atoms with Gasteiger partial charge in [-0.1, -0.05) is 0 Å². The van der Waals surface area contributed by atoms with Crippen molar-refractivity contribution in [2.45, 2.75) is 31.5 Å². The van der Waals surface area contributed by atoms with Gasteiger partial charge in [-0.3, -0.25) is 0 Å². The highest BCUT2D eigenvalue weighted by molar-refractivity contribution is 7.87. The van der Waals surface area contributed by atoms with Gasteiger partial charge in [0.05, 0.1) is 12.2 Å². The van der Waals surface area contributed by atoms with Crippen molar-refractivity contribution in [2.75, 3.05) is 6.54 Å². The SMILES string of the molecule is NS(=O)(=O)NCC1CC2CCC1O2. The minimum absolute atomic E-state index is 0.249. The summed E-state index contributed by atoms with van der Waals surface area (Å²) in [5.41, 5.74) is 0. The number of hydrogen-bond donors (Lipinski definition) is 2. The van der Waals surface area contributed by atoms with E-state index in [1.54, 1.807) is 0 Å². The summed E-state index contributed by atoms with van der Waals surface area (Å²) in [6.45, 7) is 0.417. The third-order valence-corrected chi connectivity index (χ3v) is 3.35. The molecule has 0 aromatic heterocycles. The van der Waals surface area contributed by atoms with Gasteiger partial charge in [0.2, 0.25) is 0 Å². The fourth-order valence-corrected chi connectivity index (χ4v) is 2.63. The van der Waals surface area contributed by atoms with Crippen molar-refractivity contribution in [3.8, 4) is 0 Å². The molecule has 0 aromatic rings. The van der Waals surface area contributed by atoms with E-state index >= 15 is 0 Å². The molecule has 2 heterocycles. The fraction of sp³-hybridized carbons (Fsp3) is 1.00. The lowest BCUT2D eigenvalue weighted by Gasteiger charge is -2.17. The van der Waals surface area contributed by atoms with Crippen LogP contribution in [0, 0.1) is 5.92 Å². The Morgan fingerprint density at radius 3 is 2.69 bits per heavy atom. The number of rotatable bonds is 3. The molecule has 6 heteroatoms. The number of nitrogens with one attached hydrogen (secondary N) is 1. The van der Waals surface area contributed by atoms with Gasteiger partial charge >= 0.3 is 0 Å². The predicted octanol–water partition coefficient (Wildman–Crippen LogP) is -0.653. The standard InChI is InChI=1S/C7H14N2O3S/c8-13(10,11)9-4-5-3-6-1-2-7(5)12-6/h5-7,9H,1-4H2,(H2,8,10,11). The lowest BCUT2D eigenvalue weighted by molar-refractivity contribution is 0.0932. The maximum absolute atomic E-state index is 10.6. The first-order valence-electron chi connectivity index (χ1n) is 4.47. The average Bonchev–Trinajstić information content (AvgIpc) is 2.58. The molecule has 0 aromatic carbocycles. The van der Waals surface area contributed by atoms with E-state index < -0.39 is 10.2 Å². The molecule has 0 aliphatic carbocycles. The average molecular weight is 206 g/mol. The van der Waals surface area contributed by atoms with Crippen molar-refractivity contribution >= 4 is 10.2 Å². The van der Waals surface area contributed by atoms with Gasteiger partial charge in [-0.05, 0) is 19.3 Å². The van der Waals surface area contributed by atoms with Crippen molar-refractivity contribution in [3.05, 3.63) is 0 Å². The smallest absolute Gasteiger partial charge is 0.274 e. The first-order chi connectivity index (χ1) is 6.04. The molecular weight excluding hydrogens is 192 g/mol. The maximum Gasteiger partial charge on any atom is 0.274 e. The zero-order chi connectivity index (χ0) is 9.47. The zero-order valence-electron chi connectivity index (χ0n) is 7.27. The molecule has 2 fully saturated rings. The molecule has 2 aliphatic heterocycles. The Hall–Kier alpha value is -0.170. The van der Waals surface area contributed by atoms with Gasteiger partial charge in [-0.15, -0.1) is 0 Å². The largest absolute Gasteiger partial charge is 0.375 e. The van der Waals surface area contributed by atoms with Crippen LogP contribution in [0.5, 0.6) is 0 Å². The second-order valence-corrected chi connectivity index (χ2v) is 5.14. The summed E-state index contributed by atoms with van der Waals surface area (Å²) in [5, 5.41) is 4.83. The molecule has 3 atom stereocenters. The molecule has 13 heavy (non-hydrogen) atoms. The highest BCUT2D eigenvalue weighted by Crippen LogP contribution is 2.38. The molecule has 0 amide bonds. The first kappa shape index (κ1) is 9.39. The molecule has 3 N–H and O–H groups in total. The third kappa shape index (κ3) is 2.19. The summed E-state index contributed by atoms with van der Waals surface area (Å²) in [5.74, 6) is 0.317. The molecule has 3 unspecified atom stereocenters. The van der Waals surface area contributed by atoms with Crippen LogP contribution >= 0.6 is 0 Å². The van der Waals surface area contributed by atoms with Crippen LogP contribution in [0.25, 0.3) is 0 Å². The van der Waals surface area contributed by atoms with Crippen LogP contribution in [0.4, 0.5) is 0 Å². The molecule has 2 aliphatic rings. The summed E-state index contributed by atoms with van der Waals surface area (Å²) in [7, 11) is -3.53. The summed E-state index contributed by atoms with van der Waals surface area (Å²) >= 11 is 0. The molecule has 0 radical (unpaired) electrons. The van der Waals surface area contributed by atoms with E-state index in [1.165, 1.54) is 0 Å². The van der Waals surface area contributed by atoms with Crippen molar-refractivity contribution in [2.24, 2.45) is 11.1 Å². The minimum Gasteiger partial charge on any atom is -0.375 e. The molecule has 0 spiro atoms. The number of nitrogens with two attached hydrogens (primary N) is 1.